The summed E-state index contributed by atoms with van der Waals surface area (Å²) in [4.78, 5) is 52.4. The molecular weight excluding hydrogens is 876 g/mol. The van der Waals surface area contributed by atoms with Gasteiger partial charge in [0.25, 0.3) is 22.3 Å². The predicted octanol–water partition coefficient (Wildman–Crippen LogP) is 5.83. The lowest BCUT2D eigenvalue weighted by Gasteiger charge is -2.36. The van der Waals surface area contributed by atoms with E-state index in [1.807, 2.05) is 24.3 Å². The molecule has 20 heteroatoms. The van der Waals surface area contributed by atoms with Crippen LogP contribution in [0.1, 0.15) is 44.7 Å². The first kappa shape index (κ1) is 50.7. The maximum absolute atomic E-state index is 12.1. The van der Waals surface area contributed by atoms with Crippen LogP contribution in [0, 0.1) is 0 Å². The summed E-state index contributed by atoms with van der Waals surface area (Å²) in [6, 6.07) is 8.10. The Balaban J connectivity index is 0.000000275. The highest BCUT2D eigenvalue weighted by atomic mass is 35.5. The number of methoxy groups -OCH3 is 4. The van der Waals surface area contributed by atoms with Crippen LogP contribution in [-0.2, 0) is 14.0 Å². The molecular formula is C42H61ClN6O10S2Si. The van der Waals surface area contributed by atoms with Crippen molar-refractivity contribution in [3.05, 3.63) is 45.2 Å². The van der Waals surface area contributed by atoms with Gasteiger partial charge in [0.05, 0.1) is 44.9 Å². The highest BCUT2D eigenvalue weighted by Crippen LogP contribution is 2.41. The zero-order valence-corrected chi connectivity index (χ0v) is 40.4. The molecule has 5 N–H and O–H groups in total. The van der Waals surface area contributed by atoms with Crippen LogP contribution in [0.2, 0.25) is 18.1 Å². The van der Waals surface area contributed by atoms with Gasteiger partial charge in [0, 0.05) is 92.6 Å². The van der Waals surface area contributed by atoms with Gasteiger partial charge in [0.15, 0.2) is 31.3 Å². The van der Waals surface area contributed by atoms with Gasteiger partial charge in [0.2, 0.25) is 0 Å². The smallest absolute Gasteiger partial charge is 0.290 e. The van der Waals surface area contributed by atoms with Gasteiger partial charge in [-0.1, -0.05) is 20.8 Å². The number of rotatable bonds is 16. The van der Waals surface area contributed by atoms with Crippen molar-refractivity contribution in [1.82, 2.24) is 21.3 Å². The van der Waals surface area contributed by atoms with Crippen molar-refractivity contribution < 1.29 is 47.7 Å². The van der Waals surface area contributed by atoms with Gasteiger partial charge < -0.3 is 48.9 Å². The Labute approximate surface area is 380 Å². The molecule has 4 heterocycles. The number of hydrogen-bond donors (Lipinski definition) is 5. The molecule has 0 saturated carbocycles. The van der Waals surface area contributed by atoms with Crippen LogP contribution in [0.15, 0.2) is 34.1 Å². The quantitative estimate of drug-likeness (QED) is 0.0768. The Kier molecular flexibility index (Phi) is 18.5. The van der Waals surface area contributed by atoms with Crippen LogP contribution < -0.4 is 50.0 Å². The number of thioether (sulfide) groups is 2. The van der Waals surface area contributed by atoms with Crippen molar-refractivity contribution in [2.24, 2.45) is 0 Å². The number of anilines is 2. The number of benzene rings is 2. The number of hydrogen-bond acceptors (Lipinski definition) is 16. The van der Waals surface area contributed by atoms with Gasteiger partial charge in [-0.05, 0) is 78.8 Å². The number of nitrogens with zero attached hydrogens (tertiary/aromatic N) is 2. The number of imide groups is 2. The molecule has 4 amide bonds. The molecule has 342 valence electrons. The largest absolute Gasteiger partial charge is 0.493 e. The summed E-state index contributed by atoms with van der Waals surface area (Å²) in [6.07, 6.45) is 5.39. The van der Waals surface area contributed by atoms with E-state index in [4.69, 9.17) is 28.5 Å². The molecule has 2 aromatic rings. The number of nitrogens with one attached hydrogen (secondary N) is 4. The Morgan fingerprint density at radius 2 is 1.13 bits per heavy atom. The third-order valence-corrected chi connectivity index (χ3v) is 17.5. The van der Waals surface area contributed by atoms with E-state index in [2.05, 4.69) is 64.9 Å². The van der Waals surface area contributed by atoms with Crippen LogP contribution in [0.4, 0.5) is 21.0 Å². The van der Waals surface area contributed by atoms with E-state index in [0.29, 0.717) is 52.0 Å². The number of carbonyl (C=O) groups is 4. The second-order valence-electron chi connectivity index (χ2n) is 16.3. The van der Waals surface area contributed by atoms with Crippen LogP contribution in [-0.4, -0.2) is 129 Å². The summed E-state index contributed by atoms with van der Waals surface area (Å²) in [7, 11) is 4.57. The third kappa shape index (κ3) is 12.8. The molecule has 4 saturated heterocycles. The molecule has 0 radical (unpaired) electrons. The van der Waals surface area contributed by atoms with Crippen molar-refractivity contribution in [1.29, 1.82) is 0 Å². The fourth-order valence-electron chi connectivity index (χ4n) is 7.02. The van der Waals surface area contributed by atoms with Crippen molar-refractivity contribution in [2.75, 3.05) is 90.7 Å². The van der Waals surface area contributed by atoms with E-state index >= 15 is 0 Å². The molecule has 16 nitrogen and oxygen atoms in total. The summed E-state index contributed by atoms with van der Waals surface area (Å²) < 4.78 is 28.1. The Hall–Kier alpha value is -3.95. The summed E-state index contributed by atoms with van der Waals surface area (Å²) in [6.45, 7) is 16.8. The van der Waals surface area contributed by atoms with E-state index < -0.39 is 14.2 Å². The molecule has 2 aromatic carbocycles. The van der Waals surface area contributed by atoms with Crippen LogP contribution in [0.5, 0.6) is 23.0 Å². The lowest BCUT2D eigenvalue weighted by atomic mass is 10.1. The van der Waals surface area contributed by atoms with Crippen molar-refractivity contribution in [2.45, 2.75) is 63.8 Å². The van der Waals surface area contributed by atoms with E-state index in [1.165, 1.54) is 0 Å². The minimum Gasteiger partial charge on any atom is -0.493 e. The lowest BCUT2D eigenvalue weighted by molar-refractivity contribution is -0.116. The standard InChI is InChI=1S/C24H37N3O5SSi.C18H23N3O5S.ClH/c1-24(2,3)34(6,7)32-11-9-25-17-8-10-27(15-17)18-14-20(31-5)19(30-4)12-16(18)13-21-22(28)26-23(29)33-21;1-25-14-7-11(8-16-17(23)20-18(24)27-16)13(9-15(14)26-2)21-5-3-12(10-21)19-4-6-22;/h12-14,17,25H,8-11,15H2,1-7H3,(H,26,28,29);7-9,12,19,22H,3-6,10H2,1-2H3,(H,20,23,24);1H/b21-13-;16-8-;. The van der Waals surface area contributed by atoms with E-state index in [0.717, 1.165) is 91.6 Å². The molecule has 4 aliphatic rings. The number of halogens is 1. The Bertz CT molecular complexity index is 2020. The molecule has 4 aliphatic heterocycles. The molecule has 0 aliphatic carbocycles. The topological polar surface area (TPSA) is 189 Å². The highest BCUT2D eigenvalue weighted by Gasteiger charge is 2.37. The number of amides is 4. The van der Waals surface area contributed by atoms with E-state index in [9.17, 15) is 19.2 Å². The first-order valence-electron chi connectivity index (χ1n) is 20.2. The minimum atomic E-state index is -1.74. The predicted molar refractivity (Wildman–Crippen MR) is 252 cm³/mol. The van der Waals surface area contributed by atoms with Crippen molar-refractivity contribution >= 4 is 90.1 Å². The number of carbonyl (C=O) groups excluding carboxylic acids is 4. The number of aliphatic hydroxyl groups excluding tert-OH is 1. The van der Waals surface area contributed by atoms with Gasteiger partial charge in [-0.2, -0.15) is 0 Å². The Morgan fingerprint density at radius 3 is 1.48 bits per heavy atom. The fraction of sp³-hybridized carbons (Fsp3) is 0.524. The molecule has 4 fully saturated rings. The number of aliphatic hydroxyl groups is 1. The molecule has 0 aromatic heterocycles. The summed E-state index contributed by atoms with van der Waals surface area (Å²) in [5.41, 5.74) is 3.44. The summed E-state index contributed by atoms with van der Waals surface area (Å²) in [5.74, 6) is 1.58. The average molecular weight is 938 g/mol. The third-order valence-electron chi connectivity index (χ3n) is 11.3. The molecule has 2 unspecified atom stereocenters. The normalized spacial score (nSPS) is 20.3. The lowest BCUT2D eigenvalue weighted by Crippen LogP contribution is -2.43. The van der Waals surface area contributed by atoms with Gasteiger partial charge >= 0.3 is 0 Å². The van der Waals surface area contributed by atoms with Crippen molar-refractivity contribution in [3.8, 4) is 23.0 Å². The van der Waals surface area contributed by atoms with Gasteiger partial charge in [0.1, 0.15) is 0 Å². The molecule has 6 rings (SSSR count). The minimum absolute atomic E-state index is 0. The first-order chi connectivity index (χ1) is 29.0. The second-order valence-corrected chi connectivity index (χ2v) is 23.2. The van der Waals surface area contributed by atoms with Crippen LogP contribution in [0.25, 0.3) is 12.2 Å². The zero-order valence-electron chi connectivity index (χ0n) is 36.9. The summed E-state index contributed by atoms with van der Waals surface area (Å²) >= 11 is 1.79. The molecule has 62 heavy (non-hydrogen) atoms. The maximum Gasteiger partial charge on any atom is 0.290 e. The fourth-order valence-corrected chi connectivity index (χ4v) is 9.41. The molecule has 0 spiro atoms. The van der Waals surface area contributed by atoms with Crippen LogP contribution >= 0.6 is 35.9 Å². The number of ether oxygens (including phenoxy) is 4. The zero-order chi connectivity index (χ0) is 44.5. The van der Waals surface area contributed by atoms with Gasteiger partial charge in [-0.3, -0.25) is 29.8 Å². The van der Waals surface area contributed by atoms with E-state index in [-0.39, 0.29) is 46.5 Å². The maximum atomic E-state index is 12.1. The highest BCUT2D eigenvalue weighted by molar-refractivity contribution is 8.18. The van der Waals surface area contributed by atoms with Gasteiger partial charge in [-0.15, -0.1) is 12.4 Å². The van der Waals surface area contributed by atoms with E-state index in [1.54, 1.807) is 40.6 Å². The van der Waals surface area contributed by atoms with Gasteiger partial charge in [-0.25, -0.2) is 0 Å². The SMILES string of the molecule is COc1cc(/C=C2\SC(=O)NC2=O)c(N2CCC(NCCO)C2)cc1OC.COc1cc(/C=C2\SC(=O)NC2=O)c(N2CCC(NCCO[Si](C)(C)C(C)(C)C)C2)cc1OC.Cl. The molecule has 0 bridgehead atoms. The first-order valence-corrected chi connectivity index (χ1v) is 24.8. The monoisotopic (exact) mass is 936 g/mol. The molecule has 2 atom stereocenters. The van der Waals surface area contributed by atoms with Crippen molar-refractivity contribution in [3.63, 3.8) is 0 Å². The van der Waals surface area contributed by atoms with Crippen LogP contribution in [0.3, 0.4) is 0 Å². The second kappa shape index (κ2) is 22.6. The average Bonchev–Trinajstić information content (AvgIpc) is 4.03. The Morgan fingerprint density at radius 1 is 0.726 bits per heavy atom. The summed E-state index contributed by atoms with van der Waals surface area (Å²) in [5, 5.41) is 20.0.